The number of amides is 1. The van der Waals surface area contributed by atoms with Gasteiger partial charge in [-0.05, 0) is 43.9 Å². The van der Waals surface area contributed by atoms with E-state index in [0.29, 0.717) is 18.9 Å². The first-order chi connectivity index (χ1) is 8.16. The molecule has 4 nitrogen and oxygen atoms in total. The molecule has 17 heavy (non-hydrogen) atoms. The first kappa shape index (κ1) is 12.4. The van der Waals surface area contributed by atoms with E-state index in [-0.39, 0.29) is 18.2 Å². The van der Waals surface area contributed by atoms with Crippen LogP contribution in [-0.4, -0.2) is 23.5 Å². The second kappa shape index (κ2) is 5.52. The Morgan fingerprint density at radius 2 is 2.00 bits per heavy atom. The molecule has 96 valence electrons. The molecule has 4 heteroatoms. The van der Waals surface area contributed by atoms with Crippen LogP contribution in [-0.2, 0) is 9.59 Å². The van der Waals surface area contributed by atoms with Crippen molar-refractivity contribution >= 4 is 11.9 Å². The molecule has 2 aliphatic rings. The van der Waals surface area contributed by atoms with Crippen molar-refractivity contribution in [2.45, 2.75) is 44.9 Å². The van der Waals surface area contributed by atoms with E-state index >= 15 is 0 Å². The van der Waals surface area contributed by atoms with Crippen molar-refractivity contribution in [1.29, 1.82) is 0 Å². The van der Waals surface area contributed by atoms with Gasteiger partial charge in [0.1, 0.15) is 0 Å². The van der Waals surface area contributed by atoms with Gasteiger partial charge in [-0.15, -0.1) is 0 Å². The molecule has 2 rings (SSSR count). The summed E-state index contributed by atoms with van der Waals surface area (Å²) in [7, 11) is 0. The van der Waals surface area contributed by atoms with Gasteiger partial charge in [-0.3, -0.25) is 9.59 Å². The molecule has 0 spiro atoms. The van der Waals surface area contributed by atoms with Gasteiger partial charge in [-0.2, -0.15) is 0 Å². The number of aliphatic carboxylic acids is 1. The third-order valence-electron chi connectivity index (χ3n) is 4.19. The highest BCUT2D eigenvalue weighted by molar-refractivity contribution is 5.79. The Bertz CT molecular complexity index is 303. The number of fused-ring (bicyclic) bond motifs is 2. The Morgan fingerprint density at radius 3 is 2.59 bits per heavy atom. The number of rotatable bonds is 6. The highest BCUT2D eigenvalue weighted by atomic mass is 16.4. The molecular formula is C13H21NO3. The zero-order valence-corrected chi connectivity index (χ0v) is 10.2. The van der Waals surface area contributed by atoms with Crippen molar-refractivity contribution in [3.63, 3.8) is 0 Å². The number of carboxylic acids is 1. The predicted octanol–water partition coefficient (Wildman–Crippen LogP) is 1.79. The SMILES string of the molecule is O=C(O)CCCCNC(=O)C1CC2CCC1C2. The molecule has 2 aliphatic carbocycles. The summed E-state index contributed by atoms with van der Waals surface area (Å²) < 4.78 is 0. The monoisotopic (exact) mass is 239 g/mol. The van der Waals surface area contributed by atoms with Crippen LogP contribution in [0.4, 0.5) is 0 Å². The van der Waals surface area contributed by atoms with Crippen LogP contribution >= 0.6 is 0 Å². The van der Waals surface area contributed by atoms with E-state index in [1.54, 1.807) is 0 Å². The van der Waals surface area contributed by atoms with Gasteiger partial charge in [0, 0.05) is 18.9 Å². The predicted molar refractivity (Wildman–Crippen MR) is 63.4 cm³/mol. The average molecular weight is 239 g/mol. The second-order valence-corrected chi connectivity index (χ2v) is 5.42. The molecule has 3 atom stereocenters. The summed E-state index contributed by atoms with van der Waals surface area (Å²) in [4.78, 5) is 22.2. The van der Waals surface area contributed by atoms with Gasteiger partial charge in [0.25, 0.3) is 0 Å². The van der Waals surface area contributed by atoms with Crippen molar-refractivity contribution in [3.05, 3.63) is 0 Å². The maximum atomic E-state index is 11.9. The lowest BCUT2D eigenvalue weighted by Crippen LogP contribution is -2.34. The second-order valence-electron chi connectivity index (χ2n) is 5.42. The van der Waals surface area contributed by atoms with Crippen LogP contribution in [0.1, 0.15) is 44.9 Å². The number of hydrogen-bond donors (Lipinski definition) is 2. The van der Waals surface area contributed by atoms with Gasteiger partial charge in [-0.25, -0.2) is 0 Å². The smallest absolute Gasteiger partial charge is 0.303 e. The Morgan fingerprint density at radius 1 is 1.18 bits per heavy atom. The summed E-state index contributed by atoms with van der Waals surface area (Å²) in [5.74, 6) is 1.10. The minimum Gasteiger partial charge on any atom is -0.481 e. The Balaban J connectivity index is 1.60. The molecule has 0 aromatic rings. The number of hydrogen-bond acceptors (Lipinski definition) is 2. The normalized spacial score (nSPS) is 30.5. The molecule has 0 heterocycles. The zero-order valence-electron chi connectivity index (χ0n) is 10.2. The van der Waals surface area contributed by atoms with Gasteiger partial charge in [0.2, 0.25) is 5.91 Å². The first-order valence-electron chi connectivity index (χ1n) is 6.66. The van der Waals surface area contributed by atoms with Crippen molar-refractivity contribution in [3.8, 4) is 0 Å². The highest BCUT2D eigenvalue weighted by Gasteiger charge is 2.42. The van der Waals surface area contributed by atoms with E-state index in [9.17, 15) is 9.59 Å². The van der Waals surface area contributed by atoms with Gasteiger partial charge in [0.15, 0.2) is 0 Å². The number of carbonyl (C=O) groups excluding carboxylic acids is 1. The molecular weight excluding hydrogens is 218 g/mol. The lowest BCUT2D eigenvalue weighted by molar-refractivity contribution is -0.137. The Kier molecular flexibility index (Phi) is 4.02. The third-order valence-corrected chi connectivity index (χ3v) is 4.19. The fourth-order valence-electron chi connectivity index (χ4n) is 3.31. The number of nitrogens with one attached hydrogen (secondary N) is 1. The van der Waals surface area contributed by atoms with Crippen LogP contribution in [0.25, 0.3) is 0 Å². The van der Waals surface area contributed by atoms with Crippen molar-refractivity contribution < 1.29 is 14.7 Å². The van der Waals surface area contributed by atoms with Crippen LogP contribution < -0.4 is 5.32 Å². The topological polar surface area (TPSA) is 66.4 Å². The first-order valence-corrected chi connectivity index (χ1v) is 6.66. The maximum absolute atomic E-state index is 11.9. The fraction of sp³-hybridized carbons (Fsp3) is 0.846. The number of unbranched alkanes of at least 4 members (excludes halogenated alkanes) is 1. The van der Waals surface area contributed by atoms with Crippen LogP contribution in [0.3, 0.4) is 0 Å². The molecule has 3 unspecified atom stereocenters. The summed E-state index contributed by atoms with van der Waals surface area (Å²) >= 11 is 0. The average Bonchev–Trinajstić information content (AvgIpc) is 2.89. The van der Waals surface area contributed by atoms with Gasteiger partial charge >= 0.3 is 5.97 Å². The van der Waals surface area contributed by atoms with Crippen molar-refractivity contribution in [2.24, 2.45) is 17.8 Å². The summed E-state index contributed by atoms with van der Waals surface area (Å²) in [5.41, 5.74) is 0. The van der Waals surface area contributed by atoms with E-state index in [4.69, 9.17) is 5.11 Å². The van der Waals surface area contributed by atoms with E-state index < -0.39 is 5.97 Å². The molecule has 0 aromatic carbocycles. The van der Waals surface area contributed by atoms with Crippen LogP contribution in [0.15, 0.2) is 0 Å². The number of carbonyl (C=O) groups is 2. The van der Waals surface area contributed by atoms with Crippen LogP contribution in [0, 0.1) is 17.8 Å². The molecule has 0 aromatic heterocycles. The molecule has 1 amide bonds. The van der Waals surface area contributed by atoms with Crippen molar-refractivity contribution in [2.75, 3.05) is 6.54 Å². The van der Waals surface area contributed by atoms with E-state index in [2.05, 4.69) is 5.32 Å². The van der Waals surface area contributed by atoms with Gasteiger partial charge < -0.3 is 10.4 Å². The zero-order chi connectivity index (χ0) is 12.3. The lowest BCUT2D eigenvalue weighted by Gasteiger charge is -2.20. The van der Waals surface area contributed by atoms with E-state index in [0.717, 1.165) is 18.8 Å². The lowest BCUT2D eigenvalue weighted by atomic mass is 9.88. The summed E-state index contributed by atoms with van der Waals surface area (Å²) in [5, 5.41) is 11.4. The summed E-state index contributed by atoms with van der Waals surface area (Å²) in [6.07, 6.45) is 6.47. The largest absolute Gasteiger partial charge is 0.481 e. The van der Waals surface area contributed by atoms with E-state index in [1.807, 2.05) is 0 Å². The Labute approximate surface area is 102 Å². The fourth-order valence-corrected chi connectivity index (χ4v) is 3.31. The van der Waals surface area contributed by atoms with Gasteiger partial charge in [0.05, 0.1) is 0 Å². The standard InChI is InChI=1S/C13H21NO3/c15-12(16)3-1-2-6-14-13(17)11-8-9-4-5-10(11)7-9/h9-11H,1-8H2,(H,14,17)(H,15,16). The summed E-state index contributed by atoms with van der Waals surface area (Å²) in [6, 6.07) is 0. The molecule has 0 radical (unpaired) electrons. The minimum atomic E-state index is -0.760. The minimum absolute atomic E-state index is 0.198. The Hall–Kier alpha value is -1.06. The van der Waals surface area contributed by atoms with Crippen LogP contribution in [0.2, 0.25) is 0 Å². The number of carboxylic acid groups (broad SMARTS) is 1. The van der Waals surface area contributed by atoms with E-state index in [1.165, 1.54) is 19.3 Å². The molecule has 2 bridgehead atoms. The molecule has 0 saturated heterocycles. The maximum Gasteiger partial charge on any atom is 0.303 e. The molecule has 2 N–H and O–H groups in total. The highest BCUT2D eigenvalue weighted by Crippen LogP contribution is 2.48. The molecule has 0 aliphatic heterocycles. The molecule has 2 saturated carbocycles. The van der Waals surface area contributed by atoms with Gasteiger partial charge in [-0.1, -0.05) is 6.42 Å². The quantitative estimate of drug-likeness (QED) is 0.694. The van der Waals surface area contributed by atoms with Crippen molar-refractivity contribution in [1.82, 2.24) is 5.32 Å². The summed E-state index contributed by atoms with van der Waals surface area (Å²) in [6.45, 7) is 0.625. The molecule has 2 fully saturated rings. The van der Waals surface area contributed by atoms with Crippen LogP contribution in [0.5, 0.6) is 0 Å². The third kappa shape index (κ3) is 3.20.